The van der Waals surface area contributed by atoms with Gasteiger partial charge in [-0.3, -0.25) is 10.0 Å². The van der Waals surface area contributed by atoms with Crippen LogP contribution in [0.15, 0.2) is 60.0 Å². The maximum atomic E-state index is 13.1. The number of nitrogens with one attached hydrogen (secondary N) is 1. The molecule has 2 aromatic rings. The van der Waals surface area contributed by atoms with E-state index in [1.807, 2.05) is 24.3 Å². The van der Waals surface area contributed by atoms with Crippen molar-refractivity contribution in [3.63, 3.8) is 0 Å². The summed E-state index contributed by atoms with van der Waals surface area (Å²) in [6, 6.07) is 11.2. The van der Waals surface area contributed by atoms with E-state index in [0.29, 0.717) is 0 Å². The number of hydroxylamine groups is 1. The fraction of sp³-hybridized carbons (Fsp3) is 0.278. The molecule has 0 fully saturated rings. The van der Waals surface area contributed by atoms with Crippen molar-refractivity contribution in [3.8, 4) is 0 Å². The molecule has 25 heavy (non-hydrogen) atoms. The zero-order valence-electron chi connectivity index (χ0n) is 14.2. The monoisotopic (exact) mass is 362 g/mol. The molecular formula is C18H22N2O4S. The minimum absolute atomic E-state index is 0.0502. The minimum atomic E-state index is -3.96. The predicted octanol–water partition coefficient (Wildman–Crippen LogP) is 2.55. The summed E-state index contributed by atoms with van der Waals surface area (Å²) in [6.45, 7) is 6.96. The predicted molar refractivity (Wildman–Crippen MR) is 96.6 cm³/mol. The second-order valence-corrected chi connectivity index (χ2v) is 7.93. The van der Waals surface area contributed by atoms with Crippen LogP contribution >= 0.6 is 0 Å². The maximum absolute atomic E-state index is 13.1. The molecule has 2 aromatic carbocycles. The summed E-state index contributed by atoms with van der Waals surface area (Å²) in [5, 5.41) is 10.7. The summed E-state index contributed by atoms with van der Waals surface area (Å²) in [7, 11) is -3.96. The first-order valence-electron chi connectivity index (χ1n) is 7.88. The highest BCUT2D eigenvalue weighted by Gasteiger charge is 2.37. The van der Waals surface area contributed by atoms with Crippen molar-refractivity contribution in [1.29, 1.82) is 0 Å². The number of carbonyl (C=O) groups excluding carboxylic acids is 1. The van der Waals surface area contributed by atoms with Gasteiger partial charge in [0.05, 0.1) is 4.90 Å². The van der Waals surface area contributed by atoms with E-state index in [-0.39, 0.29) is 17.4 Å². The third kappa shape index (κ3) is 3.89. The Morgan fingerprint density at radius 1 is 1.24 bits per heavy atom. The highest BCUT2D eigenvalue weighted by Crippen LogP contribution is 2.25. The molecule has 2 rings (SSSR count). The zero-order valence-corrected chi connectivity index (χ0v) is 15.0. The SMILES string of the molecule is C=CCN(C(C(=O)NO)C(C)C)S(=O)(=O)c1ccc2ccccc2c1. The molecule has 0 heterocycles. The Morgan fingerprint density at radius 2 is 1.88 bits per heavy atom. The standard InChI is InChI=1S/C18H22N2O4S/c1-4-11-20(17(13(2)3)18(21)19-22)25(23,24)16-10-9-14-7-5-6-8-15(14)12-16/h4-10,12-13,17,22H,1,11H2,2-3H3,(H,19,21). The van der Waals surface area contributed by atoms with E-state index in [0.717, 1.165) is 15.1 Å². The minimum Gasteiger partial charge on any atom is -0.289 e. The molecule has 1 unspecified atom stereocenters. The summed E-state index contributed by atoms with van der Waals surface area (Å²) >= 11 is 0. The molecule has 6 nitrogen and oxygen atoms in total. The van der Waals surface area contributed by atoms with Gasteiger partial charge in [-0.15, -0.1) is 6.58 Å². The van der Waals surface area contributed by atoms with Crippen LogP contribution in [0.2, 0.25) is 0 Å². The number of hydrogen-bond donors (Lipinski definition) is 2. The second kappa shape index (κ2) is 7.77. The molecule has 7 heteroatoms. The Balaban J connectivity index is 2.56. The molecule has 0 aromatic heterocycles. The first-order valence-corrected chi connectivity index (χ1v) is 9.32. The molecule has 134 valence electrons. The maximum Gasteiger partial charge on any atom is 0.262 e. The van der Waals surface area contributed by atoms with Crippen molar-refractivity contribution >= 4 is 26.7 Å². The van der Waals surface area contributed by atoms with Gasteiger partial charge in [0, 0.05) is 6.54 Å². The van der Waals surface area contributed by atoms with Crippen LogP contribution in [0.3, 0.4) is 0 Å². The van der Waals surface area contributed by atoms with Crippen molar-refractivity contribution in [2.24, 2.45) is 5.92 Å². The topological polar surface area (TPSA) is 86.7 Å². The van der Waals surface area contributed by atoms with E-state index in [4.69, 9.17) is 5.21 Å². The number of amides is 1. The van der Waals surface area contributed by atoms with Gasteiger partial charge in [0.2, 0.25) is 10.0 Å². The highest BCUT2D eigenvalue weighted by atomic mass is 32.2. The normalized spacial score (nSPS) is 13.2. The van der Waals surface area contributed by atoms with Crippen LogP contribution in [-0.2, 0) is 14.8 Å². The van der Waals surface area contributed by atoms with Crippen LogP contribution in [-0.4, -0.2) is 36.4 Å². The average Bonchev–Trinajstić information content (AvgIpc) is 2.60. The van der Waals surface area contributed by atoms with Gasteiger partial charge in [-0.2, -0.15) is 4.31 Å². The number of benzene rings is 2. The number of rotatable bonds is 7. The number of fused-ring (bicyclic) bond motifs is 1. The molecule has 2 N–H and O–H groups in total. The van der Waals surface area contributed by atoms with Crippen LogP contribution in [0.1, 0.15) is 13.8 Å². The van der Waals surface area contributed by atoms with Crippen molar-refractivity contribution in [2.75, 3.05) is 6.54 Å². The molecule has 1 amide bonds. The van der Waals surface area contributed by atoms with Crippen LogP contribution in [0, 0.1) is 5.92 Å². The van der Waals surface area contributed by atoms with Gasteiger partial charge in [-0.25, -0.2) is 13.9 Å². The van der Waals surface area contributed by atoms with Gasteiger partial charge in [0.1, 0.15) is 6.04 Å². The van der Waals surface area contributed by atoms with Gasteiger partial charge in [-0.05, 0) is 28.8 Å². The van der Waals surface area contributed by atoms with Gasteiger partial charge in [-0.1, -0.05) is 50.3 Å². The molecule has 0 bridgehead atoms. The summed E-state index contributed by atoms with van der Waals surface area (Å²) in [5.41, 5.74) is 1.56. The van der Waals surface area contributed by atoms with Crippen LogP contribution in [0.25, 0.3) is 10.8 Å². The third-order valence-corrected chi connectivity index (χ3v) is 5.80. The number of sulfonamides is 1. The second-order valence-electron chi connectivity index (χ2n) is 6.04. The van der Waals surface area contributed by atoms with Crippen molar-refractivity contribution < 1.29 is 18.4 Å². The summed E-state index contributed by atoms with van der Waals surface area (Å²) < 4.78 is 27.4. The molecule has 0 saturated heterocycles. The van der Waals surface area contributed by atoms with Crippen LogP contribution in [0.5, 0.6) is 0 Å². The summed E-state index contributed by atoms with van der Waals surface area (Å²) in [4.78, 5) is 12.1. The molecule has 0 aliphatic rings. The fourth-order valence-corrected chi connectivity index (χ4v) is 4.51. The lowest BCUT2D eigenvalue weighted by Gasteiger charge is -2.31. The Morgan fingerprint density at radius 3 is 2.44 bits per heavy atom. The Hall–Kier alpha value is -2.22. The van der Waals surface area contributed by atoms with E-state index in [9.17, 15) is 13.2 Å². The first kappa shape index (κ1) is 19.1. The van der Waals surface area contributed by atoms with Gasteiger partial charge >= 0.3 is 0 Å². The van der Waals surface area contributed by atoms with Gasteiger partial charge in [0.15, 0.2) is 0 Å². The van der Waals surface area contributed by atoms with Gasteiger partial charge in [0.25, 0.3) is 5.91 Å². The number of nitrogens with zero attached hydrogens (tertiary/aromatic N) is 1. The summed E-state index contributed by atoms with van der Waals surface area (Å²) in [5.74, 6) is -1.12. The number of carbonyl (C=O) groups is 1. The lowest BCUT2D eigenvalue weighted by Crippen LogP contribution is -2.51. The van der Waals surface area contributed by atoms with E-state index < -0.39 is 22.0 Å². The average molecular weight is 362 g/mol. The van der Waals surface area contributed by atoms with Crippen LogP contribution in [0.4, 0.5) is 0 Å². The van der Waals surface area contributed by atoms with E-state index >= 15 is 0 Å². The molecule has 0 aliphatic carbocycles. The van der Waals surface area contributed by atoms with Crippen LogP contribution < -0.4 is 5.48 Å². The smallest absolute Gasteiger partial charge is 0.262 e. The fourth-order valence-electron chi connectivity index (χ4n) is 2.78. The Kier molecular flexibility index (Phi) is 5.94. The van der Waals surface area contributed by atoms with E-state index in [1.54, 1.807) is 31.5 Å². The lowest BCUT2D eigenvalue weighted by molar-refractivity contribution is -0.134. The van der Waals surface area contributed by atoms with Crippen molar-refractivity contribution in [2.45, 2.75) is 24.8 Å². The third-order valence-electron chi connectivity index (χ3n) is 3.96. The van der Waals surface area contributed by atoms with E-state index in [2.05, 4.69) is 6.58 Å². The summed E-state index contributed by atoms with van der Waals surface area (Å²) in [6.07, 6.45) is 1.42. The molecule has 0 aliphatic heterocycles. The number of hydrogen-bond acceptors (Lipinski definition) is 4. The van der Waals surface area contributed by atoms with Gasteiger partial charge < -0.3 is 0 Å². The lowest BCUT2D eigenvalue weighted by atomic mass is 10.0. The van der Waals surface area contributed by atoms with Crippen molar-refractivity contribution in [3.05, 3.63) is 55.1 Å². The highest BCUT2D eigenvalue weighted by molar-refractivity contribution is 7.89. The molecule has 1 atom stereocenters. The van der Waals surface area contributed by atoms with E-state index in [1.165, 1.54) is 12.1 Å². The zero-order chi connectivity index (χ0) is 18.6. The first-order chi connectivity index (χ1) is 11.8. The Bertz CT molecular complexity index is 878. The molecule has 0 saturated carbocycles. The van der Waals surface area contributed by atoms with Crippen molar-refractivity contribution in [1.82, 2.24) is 9.79 Å². The largest absolute Gasteiger partial charge is 0.289 e. The Labute approximate surface area is 147 Å². The molecule has 0 spiro atoms. The quantitative estimate of drug-likeness (QED) is 0.450. The molecular weight excluding hydrogens is 340 g/mol. The molecule has 0 radical (unpaired) electrons.